The van der Waals surface area contributed by atoms with Crippen molar-refractivity contribution in [1.29, 1.82) is 0 Å². The Bertz CT molecular complexity index is 613. The first-order valence-corrected chi connectivity index (χ1v) is 8.94. The van der Waals surface area contributed by atoms with Gasteiger partial charge in [-0.15, -0.1) is 21.5 Å². The van der Waals surface area contributed by atoms with Gasteiger partial charge < -0.3 is 9.32 Å². The van der Waals surface area contributed by atoms with Crippen LogP contribution in [0.4, 0.5) is 5.13 Å². The van der Waals surface area contributed by atoms with Crippen LogP contribution in [0.2, 0.25) is 0 Å². The standard InChI is InChI=1S/C14H20N4OS2/c1-14(2,3)11-16-17-13(19-11)21-8-9-7-20-12(15-9)18(4)10-5-6-10/h7,10H,5-6,8H2,1-4H3. The Balaban J connectivity index is 1.58. The highest BCUT2D eigenvalue weighted by atomic mass is 32.2. The first-order chi connectivity index (χ1) is 9.93. The minimum atomic E-state index is -0.105. The lowest BCUT2D eigenvalue weighted by Gasteiger charge is -2.13. The molecule has 0 radical (unpaired) electrons. The van der Waals surface area contributed by atoms with Crippen molar-refractivity contribution in [1.82, 2.24) is 15.2 Å². The van der Waals surface area contributed by atoms with Crippen LogP contribution in [0.1, 0.15) is 45.2 Å². The van der Waals surface area contributed by atoms with Gasteiger partial charge in [0.1, 0.15) is 0 Å². The fourth-order valence-electron chi connectivity index (χ4n) is 1.85. The summed E-state index contributed by atoms with van der Waals surface area (Å²) in [6, 6.07) is 0.696. The zero-order valence-corrected chi connectivity index (χ0v) is 14.4. The van der Waals surface area contributed by atoms with Gasteiger partial charge in [-0.05, 0) is 12.8 Å². The lowest BCUT2D eigenvalue weighted by atomic mass is 9.97. The van der Waals surface area contributed by atoms with E-state index in [1.807, 2.05) is 0 Å². The summed E-state index contributed by atoms with van der Waals surface area (Å²) in [6.07, 6.45) is 2.58. The van der Waals surface area contributed by atoms with E-state index in [0.29, 0.717) is 17.2 Å². The van der Waals surface area contributed by atoms with Crippen molar-refractivity contribution >= 4 is 28.2 Å². The van der Waals surface area contributed by atoms with Gasteiger partial charge in [-0.3, -0.25) is 0 Å². The van der Waals surface area contributed by atoms with Crippen molar-refractivity contribution in [2.45, 2.75) is 56.0 Å². The molecule has 21 heavy (non-hydrogen) atoms. The van der Waals surface area contributed by atoms with Gasteiger partial charge >= 0.3 is 0 Å². The van der Waals surface area contributed by atoms with E-state index in [1.54, 1.807) is 23.1 Å². The first kappa shape index (κ1) is 14.8. The van der Waals surface area contributed by atoms with E-state index in [4.69, 9.17) is 4.42 Å². The molecule has 3 rings (SSSR count). The van der Waals surface area contributed by atoms with Crippen LogP contribution >= 0.6 is 23.1 Å². The molecule has 1 aliphatic rings. The minimum Gasteiger partial charge on any atom is -0.415 e. The Labute approximate surface area is 133 Å². The maximum absolute atomic E-state index is 5.68. The fraction of sp³-hybridized carbons (Fsp3) is 0.643. The molecular formula is C14H20N4OS2. The Kier molecular flexibility index (Phi) is 3.96. The number of hydrogen-bond donors (Lipinski definition) is 0. The fourth-order valence-corrected chi connectivity index (χ4v) is 3.47. The van der Waals surface area contributed by atoms with Crippen LogP contribution in [0.3, 0.4) is 0 Å². The molecule has 7 heteroatoms. The number of hydrogen-bond acceptors (Lipinski definition) is 7. The van der Waals surface area contributed by atoms with E-state index >= 15 is 0 Å². The summed E-state index contributed by atoms with van der Waals surface area (Å²) in [5.74, 6) is 1.44. The molecule has 0 saturated heterocycles. The molecule has 0 unspecified atom stereocenters. The second-order valence-electron chi connectivity index (χ2n) is 6.38. The van der Waals surface area contributed by atoms with Gasteiger partial charge in [0.05, 0.1) is 5.69 Å². The van der Waals surface area contributed by atoms with Crippen molar-refractivity contribution in [3.05, 3.63) is 17.0 Å². The molecule has 0 aliphatic heterocycles. The summed E-state index contributed by atoms with van der Waals surface area (Å²) in [4.78, 5) is 6.96. The molecule has 2 aromatic rings. The van der Waals surface area contributed by atoms with Gasteiger partial charge in [0.15, 0.2) is 5.13 Å². The van der Waals surface area contributed by atoms with Gasteiger partial charge in [0.25, 0.3) is 5.22 Å². The molecule has 2 aromatic heterocycles. The maximum atomic E-state index is 5.68. The summed E-state index contributed by atoms with van der Waals surface area (Å²) in [6.45, 7) is 6.19. The lowest BCUT2D eigenvalue weighted by Crippen LogP contribution is -2.18. The highest BCUT2D eigenvalue weighted by molar-refractivity contribution is 7.98. The van der Waals surface area contributed by atoms with Gasteiger partial charge in [-0.2, -0.15) is 0 Å². The van der Waals surface area contributed by atoms with Crippen LogP contribution in [0.15, 0.2) is 15.0 Å². The van der Waals surface area contributed by atoms with Crippen molar-refractivity contribution in [2.75, 3.05) is 11.9 Å². The van der Waals surface area contributed by atoms with Crippen LogP contribution in [-0.4, -0.2) is 28.3 Å². The quantitative estimate of drug-likeness (QED) is 0.781. The molecule has 2 heterocycles. The highest BCUT2D eigenvalue weighted by Gasteiger charge is 2.28. The topological polar surface area (TPSA) is 55.1 Å². The number of thiazole rings is 1. The predicted molar refractivity (Wildman–Crippen MR) is 86.1 cm³/mol. The second-order valence-corrected chi connectivity index (χ2v) is 8.14. The predicted octanol–water partition coefficient (Wildman–Crippen LogP) is 3.71. The first-order valence-electron chi connectivity index (χ1n) is 7.07. The van der Waals surface area contributed by atoms with Crippen LogP contribution in [0.25, 0.3) is 0 Å². The molecule has 0 aromatic carbocycles. The average molecular weight is 324 g/mol. The van der Waals surface area contributed by atoms with E-state index in [1.165, 1.54) is 12.8 Å². The summed E-state index contributed by atoms with van der Waals surface area (Å²) in [5, 5.41) is 12.0. The van der Waals surface area contributed by atoms with Crippen LogP contribution in [-0.2, 0) is 11.2 Å². The van der Waals surface area contributed by atoms with Crippen molar-refractivity contribution < 1.29 is 4.42 Å². The Morgan fingerprint density at radius 2 is 2.14 bits per heavy atom. The van der Waals surface area contributed by atoms with Crippen molar-refractivity contribution in [3.63, 3.8) is 0 Å². The molecule has 1 aliphatic carbocycles. The molecule has 0 N–H and O–H groups in total. The molecule has 1 saturated carbocycles. The zero-order valence-electron chi connectivity index (χ0n) is 12.8. The van der Waals surface area contributed by atoms with Gasteiger partial charge in [0, 0.05) is 29.6 Å². The summed E-state index contributed by atoms with van der Waals surface area (Å²) < 4.78 is 5.68. The van der Waals surface area contributed by atoms with E-state index in [9.17, 15) is 0 Å². The molecule has 1 fully saturated rings. The monoisotopic (exact) mass is 324 g/mol. The summed E-state index contributed by atoms with van der Waals surface area (Å²) >= 11 is 3.25. The Morgan fingerprint density at radius 3 is 2.76 bits per heavy atom. The molecule has 0 atom stereocenters. The Hall–Kier alpha value is -1.08. The van der Waals surface area contributed by atoms with Gasteiger partial charge in [-0.1, -0.05) is 32.5 Å². The van der Waals surface area contributed by atoms with Crippen LogP contribution < -0.4 is 4.90 Å². The summed E-state index contributed by atoms with van der Waals surface area (Å²) in [5.41, 5.74) is 0.968. The van der Waals surface area contributed by atoms with Crippen LogP contribution in [0, 0.1) is 0 Å². The third kappa shape index (κ3) is 3.58. The van der Waals surface area contributed by atoms with E-state index < -0.39 is 0 Å². The number of anilines is 1. The molecule has 114 valence electrons. The van der Waals surface area contributed by atoms with E-state index in [0.717, 1.165) is 16.6 Å². The lowest BCUT2D eigenvalue weighted by molar-refractivity contribution is 0.347. The van der Waals surface area contributed by atoms with Crippen molar-refractivity contribution in [3.8, 4) is 0 Å². The number of thioether (sulfide) groups is 1. The number of aromatic nitrogens is 3. The SMILES string of the molecule is CN(c1nc(CSc2nnc(C(C)(C)C)o2)cs1)C1CC1. The molecule has 0 bridgehead atoms. The molecular weight excluding hydrogens is 304 g/mol. The van der Waals surface area contributed by atoms with Crippen molar-refractivity contribution in [2.24, 2.45) is 0 Å². The third-order valence-electron chi connectivity index (χ3n) is 3.33. The van der Waals surface area contributed by atoms with E-state index in [2.05, 4.69) is 53.3 Å². The summed E-state index contributed by atoms with van der Waals surface area (Å²) in [7, 11) is 2.13. The number of rotatable bonds is 5. The van der Waals surface area contributed by atoms with E-state index in [-0.39, 0.29) is 5.41 Å². The largest absolute Gasteiger partial charge is 0.415 e. The third-order valence-corrected chi connectivity index (χ3v) is 5.16. The zero-order chi connectivity index (χ0) is 15.0. The Morgan fingerprint density at radius 1 is 1.38 bits per heavy atom. The second kappa shape index (κ2) is 5.61. The average Bonchev–Trinajstić information content (AvgIpc) is 2.97. The normalized spacial score (nSPS) is 15.4. The highest BCUT2D eigenvalue weighted by Crippen LogP contribution is 2.33. The molecule has 0 spiro atoms. The maximum Gasteiger partial charge on any atom is 0.276 e. The van der Waals surface area contributed by atoms with Crippen LogP contribution in [0.5, 0.6) is 0 Å². The smallest absolute Gasteiger partial charge is 0.276 e. The molecule has 5 nitrogen and oxygen atoms in total. The van der Waals surface area contributed by atoms with Gasteiger partial charge in [0.2, 0.25) is 5.89 Å². The number of nitrogens with zero attached hydrogens (tertiary/aromatic N) is 4. The minimum absolute atomic E-state index is 0.105. The van der Waals surface area contributed by atoms with Gasteiger partial charge in [-0.25, -0.2) is 4.98 Å². The molecule has 0 amide bonds.